The number of carbonyl (C=O) groups excluding carboxylic acids is 1. The Morgan fingerprint density at radius 2 is 1.90 bits per heavy atom. The largest absolute Gasteiger partial charge is 0.361 e. The predicted octanol–water partition coefficient (Wildman–Crippen LogP) is 5.95. The first-order valence-corrected chi connectivity index (χ1v) is 11.4. The lowest BCUT2D eigenvalue weighted by molar-refractivity contribution is -0.116. The average molecular weight is 458 g/mol. The number of halogens is 2. The first kappa shape index (κ1) is 23.4. The number of nitrogens with one attached hydrogen (secondary N) is 2. The van der Waals surface area contributed by atoms with E-state index in [0.717, 1.165) is 44.3 Å². The molecule has 1 heterocycles. The molecule has 1 aromatic heterocycles. The second-order valence-electron chi connectivity index (χ2n) is 7.77. The number of hydrogen-bond acceptors (Lipinski definition) is 2. The van der Waals surface area contributed by atoms with Crippen LogP contribution in [0, 0.1) is 0 Å². The van der Waals surface area contributed by atoms with Crippen LogP contribution in [0.25, 0.3) is 17.0 Å². The van der Waals surface area contributed by atoms with Gasteiger partial charge in [-0.25, -0.2) is 0 Å². The zero-order chi connectivity index (χ0) is 22.1. The number of aromatic nitrogens is 1. The predicted molar refractivity (Wildman–Crippen MR) is 132 cm³/mol. The summed E-state index contributed by atoms with van der Waals surface area (Å²) in [6, 6.07) is 13.7. The number of likely N-dealkylation sites (N-methyl/N-ethyl adjacent to an activating group) is 1. The number of para-hydroxylation sites is 1. The molecule has 0 bridgehead atoms. The fourth-order valence-corrected chi connectivity index (χ4v) is 3.81. The summed E-state index contributed by atoms with van der Waals surface area (Å²) in [4.78, 5) is 17.6. The van der Waals surface area contributed by atoms with Crippen LogP contribution in [-0.4, -0.2) is 42.5 Å². The van der Waals surface area contributed by atoms with E-state index in [0.29, 0.717) is 16.6 Å². The van der Waals surface area contributed by atoms with Gasteiger partial charge in [0.05, 0.1) is 10.0 Å². The molecule has 164 valence electrons. The fourth-order valence-electron chi connectivity index (χ4n) is 3.50. The number of rotatable bonds is 11. The Morgan fingerprint density at radius 3 is 2.74 bits per heavy atom. The minimum Gasteiger partial charge on any atom is -0.361 e. The number of hydrogen-bond donors (Lipinski definition) is 2. The average Bonchev–Trinajstić information content (AvgIpc) is 3.18. The highest BCUT2D eigenvalue weighted by Gasteiger charge is 2.05. The van der Waals surface area contributed by atoms with Gasteiger partial charge in [0.2, 0.25) is 5.91 Å². The molecule has 6 heteroatoms. The third kappa shape index (κ3) is 7.42. The van der Waals surface area contributed by atoms with E-state index in [1.165, 1.54) is 22.5 Å². The van der Waals surface area contributed by atoms with Crippen LogP contribution in [0.2, 0.25) is 10.0 Å². The Morgan fingerprint density at radius 1 is 1.06 bits per heavy atom. The summed E-state index contributed by atoms with van der Waals surface area (Å²) in [6.07, 6.45) is 9.62. The molecule has 3 rings (SSSR count). The summed E-state index contributed by atoms with van der Waals surface area (Å²) in [5, 5.41) is 5.23. The Balaban J connectivity index is 1.26. The van der Waals surface area contributed by atoms with E-state index >= 15 is 0 Å². The van der Waals surface area contributed by atoms with Crippen LogP contribution in [0.5, 0.6) is 0 Å². The molecule has 2 N–H and O–H groups in total. The van der Waals surface area contributed by atoms with Crippen molar-refractivity contribution in [3.8, 4) is 0 Å². The van der Waals surface area contributed by atoms with Gasteiger partial charge in [0.15, 0.2) is 0 Å². The quantitative estimate of drug-likeness (QED) is 0.276. The standard InChI is InChI=1S/C25H29Cl2N3O/c1-30(16-13-20-18-29-24-8-4-3-7-21(20)24)15-6-2-5-14-28-25(31)12-10-19-9-11-22(26)23(27)17-19/h3-4,7-12,17-18,29H,2,5-6,13-16H2,1H3,(H,28,31)/b12-10+. The van der Waals surface area contributed by atoms with Gasteiger partial charge in [-0.2, -0.15) is 0 Å². The van der Waals surface area contributed by atoms with Crippen molar-refractivity contribution in [3.63, 3.8) is 0 Å². The van der Waals surface area contributed by atoms with Crippen LogP contribution in [0.1, 0.15) is 30.4 Å². The number of fused-ring (bicyclic) bond motifs is 1. The van der Waals surface area contributed by atoms with E-state index in [-0.39, 0.29) is 5.91 Å². The SMILES string of the molecule is CN(CCCCCNC(=O)/C=C/c1ccc(Cl)c(Cl)c1)CCc1c[nH]c2ccccc12. The maximum atomic E-state index is 11.9. The van der Waals surface area contributed by atoms with Crippen molar-refractivity contribution in [3.05, 3.63) is 75.9 Å². The number of benzene rings is 2. The molecular weight excluding hydrogens is 429 g/mol. The van der Waals surface area contributed by atoms with Crippen LogP contribution < -0.4 is 5.32 Å². The van der Waals surface area contributed by atoms with Crippen molar-refractivity contribution in [1.82, 2.24) is 15.2 Å². The van der Waals surface area contributed by atoms with Gasteiger partial charge in [-0.1, -0.05) is 53.9 Å². The number of amides is 1. The molecule has 0 aliphatic heterocycles. The van der Waals surface area contributed by atoms with E-state index in [4.69, 9.17) is 23.2 Å². The van der Waals surface area contributed by atoms with E-state index in [2.05, 4.69) is 52.7 Å². The lowest BCUT2D eigenvalue weighted by atomic mass is 10.1. The van der Waals surface area contributed by atoms with E-state index < -0.39 is 0 Å². The Bertz CT molecular complexity index is 1030. The molecule has 0 unspecified atom stereocenters. The van der Waals surface area contributed by atoms with Gasteiger partial charge in [0.25, 0.3) is 0 Å². The van der Waals surface area contributed by atoms with Crippen molar-refractivity contribution in [1.29, 1.82) is 0 Å². The maximum Gasteiger partial charge on any atom is 0.243 e. The summed E-state index contributed by atoms with van der Waals surface area (Å²) in [5.74, 6) is -0.0954. The summed E-state index contributed by atoms with van der Waals surface area (Å²) in [5.41, 5.74) is 3.42. The minimum atomic E-state index is -0.0954. The second-order valence-corrected chi connectivity index (χ2v) is 8.59. The summed E-state index contributed by atoms with van der Waals surface area (Å²) in [6.45, 7) is 2.79. The molecule has 2 aromatic carbocycles. The van der Waals surface area contributed by atoms with Gasteiger partial charge in [-0.05, 0) is 68.3 Å². The number of unbranched alkanes of at least 4 members (excludes halogenated alkanes) is 2. The molecule has 0 aliphatic carbocycles. The molecule has 0 radical (unpaired) electrons. The lowest BCUT2D eigenvalue weighted by Gasteiger charge is -2.16. The molecule has 1 amide bonds. The summed E-state index contributed by atoms with van der Waals surface area (Å²) in [7, 11) is 2.17. The zero-order valence-electron chi connectivity index (χ0n) is 17.8. The van der Waals surface area contributed by atoms with Gasteiger partial charge in [-0.15, -0.1) is 0 Å². The molecule has 0 aliphatic rings. The highest BCUT2D eigenvalue weighted by molar-refractivity contribution is 6.42. The molecule has 3 aromatic rings. The van der Waals surface area contributed by atoms with E-state index in [1.54, 1.807) is 18.2 Å². The van der Waals surface area contributed by atoms with Crippen molar-refractivity contribution in [2.24, 2.45) is 0 Å². The molecule has 4 nitrogen and oxygen atoms in total. The van der Waals surface area contributed by atoms with Crippen LogP contribution in [0.15, 0.2) is 54.7 Å². The highest BCUT2D eigenvalue weighted by Crippen LogP contribution is 2.23. The van der Waals surface area contributed by atoms with Crippen LogP contribution in [0.3, 0.4) is 0 Å². The molecular formula is C25H29Cl2N3O. The third-order valence-corrected chi connectivity index (χ3v) is 6.06. The van der Waals surface area contributed by atoms with E-state index in [1.807, 2.05) is 6.07 Å². The lowest BCUT2D eigenvalue weighted by Crippen LogP contribution is -2.24. The Kier molecular flexibility index (Phi) is 9.01. The zero-order valence-corrected chi connectivity index (χ0v) is 19.3. The van der Waals surface area contributed by atoms with Crippen LogP contribution in [0.4, 0.5) is 0 Å². The van der Waals surface area contributed by atoms with Crippen LogP contribution >= 0.6 is 23.2 Å². The molecule has 0 spiro atoms. The molecule has 31 heavy (non-hydrogen) atoms. The number of carbonyl (C=O) groups is 1. The first-order chi connectivity index (χ1) is 15.0. The monoisotopic (exact) mass is 457 g/mol. The van der Waals surface area contributed by atoms with Gasteiger partial charge in [-0.3, -0.25) is 4.79 Å². The van der Waals surface area contributed by atoms with Crippen molar-refractivity contribution in [2.45, 2.75) is 25.7 Å². The minimum absolute atomic E-state index is 0.0954. The van der Waals surface area contributed by atoms with Gasteiger partial charge < -0.3 is 15.2 Å². The second kappa shape index (κ2) is 11.9. The normalized spacial score (nSPS) is 11.6. The molecule has 0 saturated carbocycles. The smallest absolute Gasteiger partial charge is 0.243 e. The first-order valence-electron chi connectivity index (χ1n) is 10.7. The van der Waals surface area contributed by atoms with Crippen molar-refractivity contribution < 1.29 is 4.79 Å². The van der Waals surface area contributed by atoms with Crippen molar-refractivity contribution in [2.75, 3.05) is 26.7 Å². The Labute approximate surface area is 194 Å². The molecule has 0 atom stereocenters. The van der Waals surface area contributed by atoms with Gasteiger partial charge in [0.1, 0.15) is 0 Å². The summed E-state index contributed by atoms with van der Waals surface area (Å²) < 4.78 is 0. The number of H-pyrrole nitrogens is 1. The fraction of sp³-hybridized carbons (Fsp3) is 0.320. The Hall–Kier alpha value is -2.27. The van der Waals surface area contributed by atoms with Crippen molar-refractivity contribution >= 4 is 46.1 Å². The van der Waals surface area contributed by atoms with Gasteiger partial charge >= 0.3 is 0 Å². The number of aromatic amines is 1. The third-order valence-electron chi connectivity index (χ3n) is 5.32. The molecule has 0 fully saturated rings. The topological polar surface area (TPSA) is 48.1 Å². The van der Waals surface area contributed by atoms with E-state index in [9.17, 15) is 4.79 Å². The maximum absolute atomic E-state index is 11.9. The molecule has 0 saturated heterocycles. The van der Waals surface area contributed by atoms with Crippen LogP contribution in [-0.2, 0) is 11.2 Å². The summed E-state index contributed by atoms with van der Waals surface area (Å²) >= 11 is 11.9. The highest BCUT2D eigenvalue weighted by atomic mass is 35.5. The number of nitrogens with zero attached hydrogens (tertiary/aromatic N) is 1. The van der Waals surface area contributed by atoms with Gasteiger partial charge in [0, 0.05) is 36.3 Å².